The van der Waals surface area contributed by atoms with Gasteiger partial charge in [0.15, 0.2) is 0 Å². The van der Waals surface area contributed by atoms with Crippen molar-refractivity contribution in [3.8, 4) is 0 Å². The Morgan fingerprint density at radius 3 is 2.14 bits per heavy atom. The van der Waals surface area contributed by atoms with Gasteiger partial charge in [-0.15, -0.1) is 0 Å². The van der Waals surface area contributed by atoms with Gasteiger partial charge in [-0.05, 0) is 24.7 Å². The summed E-state index contributed by atoms with van der Waals surface area (Å²) in [6.45, 7) is 2.51. The minimum absolute atomic E-state index is 0.708. The summed E-state index contributed by atoms with van der Waals surface area (Å²) in [6.07, 6.45) is 5.26. The Hall–Kier alpha value is -0.0400. The highest BCUT2D eigenvalue weighted by Crippen LogP contribution is 2.42. The zero-order valence-electron chi connectivity index (χ0n) is 4.41. The first-order valence-corrected chi connectivity index (χ1v) is 2.96. The molecule has 1 radical (unpaired) electrons. The van der Waals surface area contributed by atoms with Gasteiger partial charge in [-0.25, -0.2) is 0 Å². The molecule has 1 heteroatoms. The zero-order chi connectivity index (χ0) is 4.74. The van der Waals surface area contributed by atoms with Gasteiger partial charge in [0, 0.05) is 13.1 Å². The van der Waals surface area contributed by atoms with E-state index in [0.29, 0.717) is 5.41 Å². The van der Waals surface area contributed by atoms with Crippen LogP contribution in [0.4, 0.5) is 0 Å². The first-order valence-electron chi connectivity index (χ1n) is 2.96. The lowest BCUT2D eigenvalue weighted by Crippen LogP contribution is -2.57. The number of nitrogens with one attached hydrogen (secondary N) is 1. The molecule has 0 unspecified atom stereocenters. The average molecular weight is 96.2 g/mol. The van der Waals surface area contributed by atoms with Crippen LogP contribution in [-0.2, 0) is 0 Å². The lowest BCUT2D eigenvalue weighted by molar-refractivity contribution is 0.133. The molecule has 0 bridgehead atoms. The Kier molecular flexibility index (Phi) is 0.571. The summed E-state index contributed by atoms with van der Waals surface area (Å²) in [5.41, 5.74) is 0.708. The molecule has 39 valence electrons. The van der Waals surface area contributed by atoms with Gasteiger partial charge in [0.2, 0.25) is 0 Å². The molecule has 1 saturated heterocycles. The van der Waals surface area contributed by atoms with Gasteiger partial charge >= 0.3 is 0 Å². The monoisotopic (exact) mass is 96.1 g/mol. The maximum Gasteiger partial charge on any atom is 0.00230 e. The molecule has 1 aliphatic heterocycles. The molecule has 1 nitrogen and oxygen atoms in total. The van der Waals surface area contributed by atoms with E-state index in [1.165, 1.54) is 25.9 Å². The molecule has 1 saturated carbocycles. The number of hydrogen-bond acceptors (Lipinski definition) is 1. The molecule has 0 aromatic rings. The van der Waals surface area contributed by atoms with Crippen LogP contribution in [-0.4, -0.2) is 13.1 Å². The molecule has 2 fully saturated rings. The molecule has 0 aromatic heterocycles. The van der Waals surface area contributed by atoms with Crippen molar-refractivity contribution in [1.29, 1.82) is 0 Å². The van der Waals surface area contributed by atoms with Gasteiger partial charge in [0.25, 0.3) is 0 Å². The van der Waals surface area contributed by atoms with Crippen LogP contribution in [0.3, 0.4) is 0 Å². The van der Waals surface area contributed by atoms with Crippen LogP contribution in [0.15, 0.2) is 0 Å². The Morgan fingerprint density at radius 2 is 2.14 bits per heavy atom. The second-order valence-electron chi connectivity index (χ2n) is 2.71. The largest absolute Gasteiger partial charge is 0.316 e. The van der Waals surface area contributed by atoms with E-state index in [2.05, 4.69) is 11.7 Å². The molecule has 0 amide bonds. The van der Waals surface area contributed by atoms with E-state index in [9.17, 15) is 0 Å². The second kappa shape index (κ2) is 1.03. The SMILES string of the molecule is [CH]1CCC12CNC2. The predicted octanol–water partition coefficient (Wildman–Crippen LogP) is 0.574. The third kappa shape index (κ3) is 0.367. The van der Waals surface area contributed by atoms with Crippen LogP contribution in [0.2, 0.25) is 0 Å². The van der Waals surface area contributed by atoms with E-state index >= 15 is 0 Å². The molecular formula is C6H10N. The molecule has 7 heavy (non-hydrogen) atoms. The number of hydrogen-bond donors (Lipinski definition) is 1. The van der Waals surface area contributed by atoms with Crippen molar-refractivity contribution in [3.63, 3.8) is 0 Å². The van der Waals surface area contributed by atoms with Crippen LogP contribution in [0.5, 0.6) is 0 Å². The third-order valence-electron chi connectivity index (χ3n) is 2.17. The molecule has 0 atom stereocenters. The van der Waals surface area contributed by atoms with Gasteiger partial charge in [-0.2, -0.15) is 0 Å². The fraction of sp³-hybridized carbons (Fsp3) is 0.833. The van der Waals surface area contributed by atoms with Crippen molar-refractivity contribution >= 4 is 0 Å². The summed E-state index contributed by atoms with van der Waals surface area (Å²) in [7, 11) is 0. The van der Waals surface area contributed by atoms with E-state index in [4.69, 9.17) is 0 Å². The topological polar surface area (TPSA) is 12.0 Å². The summed E-state index contributed by atoms with van der Waals surface area (Å²) >= 11 is 0. The van der Waals surface area contributed by atoms with Crippen LogP contribution in [0.1, 0.15) is 12.8 Å². The maximum atomic E-state index is 3.27. The lowest BCUT2D eigenvalue weighted by Gasteiger charge is -2.49. The molecular weight excluding hydrogens is 86.1 g/mol. The lowest BCUT2D eigenvalue weighted by atomic mass is 9.65. The molecule has 1 aliphatic carbocycles. The van der Waals surface area contributed by atoms with Gasteiger partial charge in [0.1, 0.15) is 0 Å². The Balaban J connectivity index is 2.00. The van der Waals surface area contributed by atoms with E-state index < -0.39 is 0 Å². The van der Waals surface area contributed by atoms with E-state index in [1.807, 2.05) is 0 Å². The third-order valence-corrected chi connectivity index (χ3v) is 2.17. The van der Waals surface area contributed by atoms with Gasteiger partial charge in [-0.3, -0.25) is 0 Å². The molecule has 1 spiro atoms. The van der Waals surface area contributed by atoms with Crippen molar-refractivity contribution in [2.45, 2.75) is 12.8 Å². The van der Waals surface area contributed by atoms with Gasteiger partial charge < -0.3 is 5.32 Å². The smallest absolute Gasteiger partial charge is 0.00230 e. The first-order chi connectivity index (χ1) is 3.41. The highest BCUT2D eigenvalue weighted by atomic mass is 15.0. The fourth-order valence-corrected chi connectivity index (χ4v) is 1.32. The quantitative estimate of drug-likeness (QED) is 0.465. The zero-order valence-corrected chi connectivity index (χ0v) is 4.41. The van der Waals surface area contributed by atoms with Crippen LogP contribution in [0.25, 0.3) is 0 Å². The summed E-state index contributed by atoms with van der Waals surface area (Å²) in [4.78, 5) is 0. The van der Waals surface area contributed by atoms with E-state index in [-0.39, 0.29) is 0 Å². The van der Waals surface area contributed by atoms with E-state index in [0.717, 1.165) is 0 Å². The van der Waals surface area contributed by atoms with Crippen molar-refractivity contribution < 1.29 is 0 Å². The summed E-state index contributed by atoms with van der Waals surface area (Å²) < 4.78 is 0. The molecule has 2 rings (SSSR count). The van der Waals surface area contributed by atoms with Gasteiger partial charge in [0.05, 0.1) is 0 Å². The molecule has 2 aliphatic rings. The normalized spacial score (nSPS) is 34.3. The van der Waals surface area contributed by atoms with Crippen molar-refractivity contribution in [3.05, 3.63) is 6.42 Å². The maximum absolute atomic E-state index is 3.27. The second-order valence-corrected chi connectivity index (χ2v) is 2.71. The standard InChI is InChI=1S/C6H10N/c1-2-6(3-1)4-7-5-6/h2,7H,1,3-5H2. The van der Waals surface area contributed by atoms with Crippen molar-refractivity contribution in [2.24, 2.45) is 5.41 Å². The van der Waals surface area contributed by atoms with Crippen molar-refractivity contribution in [1.82, 2.24) is 5.32 Å². The Morgan fingerprint density at radius 1 is 1.43 bits per heavy atom. The Bertz CT molecular complexity index is 64.7. The first kappa shape index (κ1) is 3.90. The predicted molar refractivity (Wildman–Crippen MR) is 28.8 cm³/mol. The van der Waals surface area contributed by atoms with Crippen molar-refractivity contribution in [2.75, 3.05) is 13.1 Å². The summed E-state index contributed by atoms with van der Waals surface area (Å²) in [5.74, 6) is 0. The highest BCUT2D eigenvalue weighted by molar-refractivity contribution is 5.09. The minimum atomic E-state index is 0.708. The highest BCUT2D eigenvalue weighted by Gasteiger charge is 2.42. The summed E-state index contributed by atoms with van der Waals surface area (Å²) in [5, 5.41) is 3.27. The molecule has 1 heterocycles. The molecule has 1 N–H and O–H groups in total. The van der Waals surface area contributed by atoms with Crippen LogP contribution >= 0.6 is 0 Å². The summed E-state index contributed by atoms with van der Waals surface area (Å²) in [6, 6.07) is 0. The van der Waals surface area contributed by atoms with Gasteiger partial charge in [-0.1, -0.05) is 0 Å². The number of rotatable bonds is 0. The average Bonchev–Trinajstić information content (AvgIpc) is 1.20. The van der Waals surface area contributed by atoms with E-state index in [1.54, 1.807) is 0 Å². The molecule has 0 aromatic carbocycles. The fourth-order valence-electron chi connectivity index (χ4n) is 1.32. The van der Waals surface area contributed by atoms with Crippen LogP contribution in [0, 0.1) is 11.8 Å². The minimum Gasteiger partial charge on any atom is -0.316 e. The Labute approximate surface area is 44.1 Å². The van der Waals surface area contributed by atoms with Crippen LogP contribution < -0.4 is 5.32 Å².